The third-order valence-corrected chi connectivity index (χ3v) is 2.49. The van der Waals surface area contributed by atoms with E-state index in [1.165, 1.54) is 0 Å². The SMILES string of the molecule is CCC(=O)c1ccc(NCc2ccon2)cc1. The van der Waals surface area contributed by atoms with Gasteiger partial charge < -0.3 is 9.84 Å². The topological polar surface area (TPSA) is 55.1 Å². The molecule has 0 amide bonds. The predicted octanol–water partition coefficient (Wildman–Crippen LogP) is 2.88. The van der Waals surface area contributed by atoms with E-state index in [1.54, 1.807) is 6.26 Å². The molecule has 0 radical (unpaired) electrons. The van der Waals surface area contributed by atoms with E-state index in [1.807, 2.05) is 37.3 Å². The van der Waals surface area contributed by atoms with Crippen molar-refractivity contribution in [1.82, 2.24) is 5.16 Å². The predicted molar refractivity (Wildman–Crippen MR) is 64.9 cm³/mol. The molecule has 0 atom stereocenters. The quantitative estimate of drug-likeness (QED) is 0.802. The van der Waals surface area contributed by atoms with Crippen molar-refractivity contribution in [3.8, 4) is 0 Å². The van der Waals surface area contributed by atoms with E-state index in [0.717, 1.165) is 16.9 Å². The molecule has 0 saturated heterocycles. The van der Waals surface area contributed by atoms with E-state index in [0.29, 0.717) is 13.0 Å². The Morgan fingerprint density at radius 2 is 2.06 bits per heavy atom. The van der Waals surface area contributed by atoms with Crippen LogP contribution >= 0.6 is 0 Å². The highest BCUT2D eigenvalue weighted by Gasteiger charge is 2.02. The number of ketones is 1. The summed E-state index contributed by atoms with van der Waals surface area (Å²) in [6, 6.07) is 9.25. The van der Waals surface area contributed by atoms with E-state index >= 15 is 0 Å². The lowest BCUT2D eigenvalue weighted by atomic mass is 10.1. The molecular weight excluding hydrogens is 216 g/mol. The van der Waals surface area contributed by atoms with Crippen LogP contribution in [0, 0.1) is 0 Å². The number of benzene rings is 1. The van der Waals surface area contributed by atoms with Crippen molar-refractivity contribution >= 4 is 11.5 Å². The fourth-order valence-corrected chi connectivity index (χ4v) is 1.50. The highest BCUT2D eigenvalue weighted by molar-refractivity contribution is 5.96. The molecule has 0 saturated carbocycles. The number of aromatic nitrogens is 1. The number of carbonyl (C=O) groups is 1. The number of anilines is 1. The Bertz CT molecular complexity index is 475. The maximum absolute atomic E-state index is 11.4. The summed E-state index contributed by atoms with van der Waals surface area (Å²) in [6.45, 7) is 2.47. The molecule has 2 aromatic rings. The van der Waals surface area contributed by atoms with Crippen LogP contribution in [0.25, 0.3) is 0 Å². The first-order valence-corrected chi connectivity index (χ1v) is 5.56. The number of nitrogens with zero attached hydrogens (tertiary/aromatic N) is 1. The Balaban J connectivity index is 1.96. The zero-order chi connectivity index (χ0) is 12.1. The van der Waals surface area contributed by atoms with Crippen LogP contribution in [0.5, 0.6) is 0 Å². The van der Waals surface area contributed by atoms with Crippen molar-refractivity contribution in [2.45, 2.75) is 19.9 Å². The molecule has 0 unspecified atom stereocenters. The Morgan fingerprint density at radius 3 is 2.65 bits per heavy atom. The molecule has 2 rings (SSSR count). The maximum Gasteiger partial charge on any atom is 0.162 e. The van der Waals surface area contributed by atoms with Gasteiger partial charge in [0, 0.05) is 23.7 Å². The van der Waals surface area contributed by atoms with Crippen LogP contribution in [0.1, 0.15) is 29.4 Å². The number of Topliss-reactive ketones (excluding diaryl/α,β-unsaturated/α-hetero) is 1. The van der Waals surface area contributed by atoms with Gasteiger partial charge in [0.2, 0.25) is 0 Å². The average molecular weight is 230 g/mol. The largest absolute Gasteiger partial charge is 0.379 e. The molecule has 1 heterocycles. The lowest BCUT2D eigenvalue weighted by molar-refractivity contribution is 0.0988. The van der Waals surface area contributed by atoms with Gasteiger partial charge in [0.15, 0.2) is 5.78 Å². The minimum atomic E-state index is 0.160. The van der Waals surface area contributed by atoms with Crippen LogP contribution in [0.4, 0.5) is 5.69 Å². The lowest BCUT2D eigenvalue weighted by Gasteiger charge is -2.04. The highest BCUT2D eigenvalue weighted by Crippen LogP contribution is 2.12. The van der Waals surface area contributed by atoms with E-state index < -0.39 is 0 Å². The van der Waals surface area contributed by atoms with Crippen LogP contribution in [0.15, 0.2) is 41.1 Å². The molecule has 0 aliphatic heterocycles. The molecule has 0 bridgehead atoms. The summed E-state index contributed by atoms with van der Waals surface area (Å²) in [7, 11) is 0. The summed E-state index contributed by atoms with van der Waals surface area (Å²) >= 11 is 0. The smallest absolute Gasteiger partial charge is 0.162 e. The molecule has 1 N–H and O–H groups in total. The highest BCUT2D eigenvalue weighted by atomic mass is 16.5. The average Bonchev–Trinajstić information content (AvgIpc) is 2.89. The zero-order valence-electron chi connectivity index (χ0n) is 9.64. The second kappa shape index (κ2) is 5.30. The number of hydrogen-bond acceptors (Lipinski definition) is 4. The van der Waals surface area contributed by atoms with E-state index in [9.17, 15) is 4.79 Å². The van der Waals surface area contributed by atoms with Crippen molar-refractivity contribution in [3.63, 3.8) is 0 Å². The molecule has 1 aromatic carbocycles. The van der Waals surface area contributed by atoms with Gasteiger partial charge in [-0.25, -0.2) is 0 Å². The fraction of sp³-hybridized carbons (Fsp3) is 0.231. The fourth-order valence-electron chi connectivity index (χ4n) is 1.50. The molecule has 88 valence electrons. The normalized spacial score (nSPS) is 10.2. The summed E-state index contributed by atoms with van der Waals surface area (Å²) in [4.78, 5) is 11.4. The Kier molecular flexibility index (Phi) is 3.55. The van der Waals surface area contributed by atoms with Crippen LogP contribution in [-0.2, 0) is 6.54 Å². The summed E-state index contributed by atoms with van der Waals surface area (Å²) < 4.78 is 4.73. The van der Waals surface area contributed by atoms with Crippen molar-refractivity contribution in [3.05, 3.63) is 47.9 Å². The van der Waals surface area contributed by atoms with Crippen LogP contribution in [-0.4, -0.2) is 10.9 Å². The zero-order valence-corrected chi connectivity index (χ0v) is 9.64. The van der Waals surface area contributed by atoms with Gasteiger partial charge in [0.05, 0.1) is 6.54 Å². The van der Waals surface area contributed by atoms with Crippen molar-refractivity contribution < 1.29 is 9.32 Å². The van der Waals surface area contributed by atoms with Gasteiger partial charge in [-0.1, -0.05) is 12.1 Å². The van der Waals surface area contributed by atoms with Crippen molar-refractivity contribution in [2.75, 3.05) is 5.32 Å². The lowest BCUT2D eigenvalue weighted by Crippen LogP contribution is -2.01. The van der Waals surface area contributed by atoms with Crippen molar-refractivity contribution in [1.29, 1.82) is 0 Å². The molecule has 0 spiro atoms. The number of carbonyl (C=O) groups excluding carboxylic acids is 1. The second-order valence-corrected chi connectivity index (χ2v) is 3.70. The molecule has 4 heteroatoms. The molecule has 0 fully saturated rings. The molecule has 0 aliphatic carbocycles. The molecule has 1 aromatic heterocycles. The van der Waals surface area contributed by atoms with Gasteiger partial charge in [-0.15, -0.1) is 0 Å². The molecule has 4 nitrogen and oxygen atoms in total. The number of nitrogens with one attached hydrogen (secondary N) is 1. The van der Waals surface area contributed by atoms with Gasteiger partial charge in [0.1, 0.15) is 12.0 Å². The number of hydrogen-bond donors (Lipinski definition) is 1. The van der Waals surface area contributed by atoms with Gasteiger partial charge in [-0.3, -0.25) is 4.79 Å². The Hall–Kier alpha value is -2.10. The van der Waals surface area contributed by atoms with E-state index in [-0.39, 0.29) is 5.78 Å². The van der Waals surface area contributed by atoms with E-state index in [2.05, 4.69) is 10.5 Å². The first-order chi connectivity index (χ1) is 8.29. The van der Waals surface area contributed by atoms with E-state index in [4.69, 9.17) is 4.52 Å². The maximum atomic E-state index is 11.4. The third kappa shape index (κ3) is 2.93. The summed E-state index contributed by atoms with van der Waals surface area (Å²) in [5.74, 6) is 0.160. The van der Waals surface area contributed by atoms with Gasteiger partial charge in [-0.05, 0) is 24.3 Å². The molecule has 17 heavy (non-hydrogen) atoms. The first-order valence-electron chi connectivity index (χ1n) is 5.56. The molecular formula is C13H14N2O2. The van der Waals surface area contributed by atoms with Crippen LogP contribution in [0.2, 0.25) is 0 Å². The van der Waals surface area contributed by atoms with Crippen LogP contribution < -0.4 is 5.32 Å². The third-order valence-electron chi connectivity index (χ3n) is 2.49. The summed E-state index contributed by atoms with van der Waals surface area (Å²) in [5, 5.41) is 7.00. The Labute approximate surface area is 99.6 Å². The second-order valence-electron chi connectivity index (χ2n) is 3.70. The van der Waals surface area contributed by atoms with Gasteiger partial charge in [0.25, 0.3) is 0 Å². The Morgan fingerprint density at radius 1 is 1.29 bits per heavy atom. The summed E-state index contributed by atoms with van der Waals surface area (Å²) in [5.41, 5.74) is 2.55. The standard InChI is InChI=1S/C13H14N2O2/c1-2-13(16)10-3-5-11(6-4-10)14-9-12-7-8-17-15-12/h3-8,14H,2,9H2,1H3. The van der Waals surface area contributed by atoms with Gasteiger partial charge in [-0.2, -0.15) is 0 Å². The first kappa shape index (κ1) is 11.4. The number of rotatable bonds is 5. The molecule has 0 aliphatic rings. The monoisotopic (exact) mass is 230 g/mol. The van der Waals surface area contributed by atoms with Crippen LogP contribution in [0.3, 0.4) is 0 Å². The van der Waals surface area contributed by atoms with Gasteiger partial charge >= 0.3 is 0 Å². The minimum absolute atomic E-state index is 0.160. The minimum Gasteiger partial charge on any atom is -0.379 e. The van der Waals surface area contributed by atoms with Crippen molar-refractivity contribution in [2.24, 2.45) is 0 Å². The summed E-state index contributed by atoms with van der Waals surface area (Å²) in [6.07, 6.45) is 2.08.